The van der Waals surface area contributed by atoms with Crippen LogP contribution in [-0.4, -0.2) is 12.1 Å². The van der Waals surface area contributed by atoms with Crippen LogP contribution in [0.4, 0.5) is 11.4 Å². The van der Waals surface area contributed by atoms with E-state index >= 15 is 0 Å². The molecule has 2 rings (SSSR count). The van der Waals surface area contributed by atoms with Gasteiger partial charge < -0.3 is 16.2 Å². The topological polar surface area (TPSA) is 74.2 Å². The van der Waals surface area contributed by atoms with Gasteiger partial charge >= 0.3 is 0 Å². The first-order chi connectivity index (χ1) is 8.13. The fourth-order valence-corrected chi connectivity index (χ4v) is 1.72. The maximum Gasteiger partial charge on any atom is 0.152 e. The first kappa shape index (κ1) is 11.5. The molecule has 0 unspecified atom stereocenters. The van der Waals surface area contributed by atoms with Gasteiger partial charge in [0, 0.05) is 5.56 Å². The summed E-state index contributed by atoms with van der Waals surface area (Å²) in [5.74, 6) is 0.688. The third kappa shape index (κ3) is 2.12. The van der Waals surface area contributed by atoms with E-state index in [2.05, 4.69) is 4.98 Å². The molecule has 0 fully saturated rings. The smallest absolute Gasteiger partial charge is 0.152 e. The second kappa shape index (κ2) is 4.51. The van der Waals surface area contributed by atoms with Crippen LogP contribution in [0.15, 0.2) is 30.3 Å². The largest absolute Gasteiger partial charge is 0.496 e. The zero-order valence-corrected chi connectivity index (χ0v) is 10.0. The number of ether oxygens (including phenoxy) is 1. The van der Waals surface area contributed by atoms with Crippen molar-refractivity contribution in [3.05, 3.63) is 35.5 Å². The molecule has 0 aliphatic heterocycles. The summed E-state index contributed by atoms with van der Waals surface area (Å²) in [4.78, 5) is 4.19. The maximum absolute atomic E-state index is 5.90. The lowest BCUT2D eigenvalue weighted by atomic mass is 10.1. The number of nitrogen functional groups attached to an aromatic ring is 2. The van der Waals surface area contributed by atoms with Crippen molar-refractivity contribution in [1.29, 1.82) is 0 Å². The highest BCUT2D eigenvalue weighted by Crippen LogP contribution is 2.34. The van der Waals surface area contributed by atoms with Gasteiger partial charge in [0.15, 0.2) is 5.15 Å². The Morgan fingerprint density at radius 1 is 1.18 bits per heavy atom. The van der Waals surface area contributed by atoms with Gasteiger partial charge in [-0.15, -0.1) is 0 Å². The standard InChI is InChI=1S/C12H12ClN3O/c1-17-10-5-3-2-4-7(10)11-8(14)6-9(15)12(13)16-11/h2-6H,14-15H2,1H3. The Labute approximate surface area is 104 Å². The van der Waals surface area contributed by atoms with E-state index in [1.54, 1.807) is 13.2 Å². The van der Waals surface area contributed by atoms with Crippen molar-refractivity contribution in [2.75, 3.05) is 18.6 Å². The van der Waals surface area contributed by atoms with Gasteiger partial charge in [-0.3, -0.25) is 0 Å². The van der Waals surface area contributed by atoms with Crippen molar-refractivity contribution in [2.45, 2.75) is 0 Å². The number of para-hydroxylation sites is 1. The number of halogens is 1. The normalized spacial score (nSPS) is 10.2. The monoisotopic (exact) mass is 249 g/mol. The number of hydrogen-bond acceptors (Lipinski definition) is 4. The third-order valence-corrected chi connectivity index (χ3v) is 2.70. The van der Waals surface area contributed by atoms with Gasteiger partial charge in [-0.1, -0.05) is 23.7 Å². The first-order valence-corrected chi connectivity index (χ1v) is 5.36. The lowest BCUT2D eigenvalue weighted by molar-refractivity contribution is 0.416. The molecule has 17 heavy (non-hydrogen) atoms. The highest BCUT2D eigenvalue weighted by molar-refractivity contribution is 6.32. The predicted molar refractivity (Wildman–Crippen MR) is 70.1 cm³/mol. The molecule has 5 heteroatoms. The predicted octanol–water partition coefficient (Wildman–Crippen LogP) is 2.57. The SMILES string of the molecule is COc1ccccc1-c1nc(Cl)c(N)cc1N. The van der Waals surface area contributed by atoms with Gasteiger partial charge in [0.1, 0.15) is 5.75 Å². The number of aromatic nitrogens is 1. The molecule has 0 bridgehead atoms. The van der Waals surface area contributed by atoms with Gasteiger partial charge in [0.25, 0.3) is 0 Å². The summed E-state index contributed by atoms with van der Waals surface area (Å²) in [7, 11) is 1.59. The average molecular weight is 250 g/mol. The molecule has 0 spiro atoms. The van der Waals surface area contributed by atoms with Gasteiger partial charge in [0.05, 0.1) is 24.2 Å². The number of rotatable bonds is 2. The van der Waals surface area contributed by atoms with Crippen molar-refractivity contribution in [2.24, 2.45) is 0 Å². The lowest BCUT2D eigenvalue weighted by Crippen LogP contribution is -1.99. The molecule has 0 atom stereocenters. The van der Waals surface area contributed by atoms with Gasteiger partial charge in [-0.25, -0.2) is 4.98 Å². The Kier molecular flexibility index (Phi) is 3.06. The van der Waals surface area contributed by atoms with E-state index < -0.39 is 0 Å². The molecule has 0 aliphatic rings. The summed E-state index contributed by atoms with van der Waals surface area (Å²) in [6.45, 7) is 0. The Balaban J connectivity index is 2.64. The lowest BCUT2D eigenvalue weighted by Gasteiger charge is -2.11. The highest BCUT2D eigenvalue weighted by Gasteiger charge is 2.12. The molecular formula is C12H12ClN3O. The minimum absolute atomic E-state index is 0.236. The zero-order chi connectivity index (χ0) is 12.4. The number of methoxy groups -OCH3 is 1. The molecule has 4 nitrogen and oxygen atoms in total. The highest BCUT2D eigenvalue weighted by atomic mass is 35.5. The van der Waals surface area contributed by atoms with Gasteiger partial charge in [-0.2, -0.15) is 0 Å². The number of nitrogens with zero attached hydrogens (tertiary/aromatic N) is 1. The Morgan fingerprint density at radius 2 is 1.88 bits per heavy atom. The van der Waals surface area contributed by atoms with Crippen LogP contribution in [0.1, 0.15) is 0 Å². The molecule has 88 valence electrons. The van der Waals surface area contributed by atoms with Crippen molar-refractivity contribution in [3.8, 4) is 17.0 Å². The van der Waals surface area contributed by atoms with E-state index in [0.717, 1.165) is 5.56 Å². The van der Waals surface area contributed by atoms with E-state index in [-0.39, 0.29) is 5.15 Å². The minimum atomic E-state index is 0.236. The second-order valence-electron chi connectivity index (χ2n) is 3.51. The van der Waals surface area contributed by atoms with E-state index in [9.17, 15) is 0 Å². The zero-order valence-electron chi connectivity index (χ0n) is 9.27. The van der Waals surface area contributed by atoms with Gasteiger partial charge in [-0.05, 0) is 18.2 Å². The number of anilines is 2. The molecule has 2 aromatic rings. The number of pyridine rings is 1. The van der Waals surface area contributed by atoms with Crippen molar-refractivity contribution < 1.29 is 4.74 Å². The van der Waals surface area contributed by atoms with Crippen molar-refractivity contribution in [3.63, 3.8) is 0 Å². The molecule has 0 radical (unpaired) electrons. The van der Waals surface area contributed by atoms with Crippen LogP contribution in [-0.2, 0) is 0 Å². The van der Waals surface area contributed by atoms with Gasteiger partial charge in [0.2, 0.25) is 0 Å². The molecule has 0 aliphatic carbocycles. The quantitative estimate of drug-likeness (QED) is 0.803. The van der Waals surface area contributed by atoms with Crippen LogP contribution < -0.4 is 16.2 Å². The molecule has 1 aromatic heterocycles. The van der Waals surface area contributed by atoms with Crippen LogP contribution in [0.2, 0.25) is 5.15 Å². The Bertz CT molecular complexity index is 557. The van der Waals surface area contributed by atoms with Crippen LogP contribution >= 0.6 is 11.6 Å². The number of hydrogen-bond donors (Lipinski definition) is 2. The van der Waals surface area contributed by atoms with Crippen LogP contribution in [0.3, 0.4) is 0 Å². The van der Waals surface area contributed by atoms with E-state index in [1.807, 2.05) is 24.3 Å². The van der Waals surface area contributed by atoms with Crippen LogP contribution in [0, 0.1) is 0 Å². The molecule has 0 amide bonds. The summed E-state index contributed by atoms with van der Waals surface area (Å²) in [5, 5.41) is 0.236. The summed E-state index contributed by atoms with van der Waals surface area (Å²) in [6.07, 6.45) is 0. The maximum atomic E-state index is 5.90. The van der Waals surface area contributed by atoms with Crippen molar-refractivity contribution in [1.82, 2.24) is 4.98 Å². The van der Waals surface area contributed by atoms with E-state index in [4.69, 9.17) is 27.8 Å². The molecule has 0 saturated heterocycles. The minimum Gasteiger partial charge on any atom is -0.496 e. The molecule has 1 aromatic carbocycles. The van der Waals surface area contributed by atoms with E-state index in [0.29, 0.717) is 22.8 Å². The second-order valence-corrected chi connectivity index (χ2v) is 3.86. The average Bonchev–Trinajstić information content (AvgIpc) is 2.34. The number of benzene rings is 1. The fourth-order valence-electron chi connectivity index (χ4n) is 1.58. The summed E-state index contributed by atoms with van der Waals surface area (Å²) >= 11 is 5.90. The molecule has 1 heterocycles. The summed E-state index contributed by atoms with van der Waals surface area (Å²) in [5.41, 5.74) is 13.7. The van der Waals surface area contributed by atoms with Crippen molar-refractivity contribution >= 4 is 23.0 Å². The number of nitrogens with two attached hydrogens (primary N) is 2. The summed E-state index contributed by atoms with van der Waals surface area (Å²) in [6, 6.07) is 9.04. The third-order valence-electron chi connectivity index (χ3n) is 2.39. The molecular weight excluding hydrogens is 238 g/mol. The Hall–Kier alpha value is -1.94. The van der Waals surface area contributed by atoms with E-state index in [1.165, 1.54) is 0 Å². The molecule has 0 saturated carbocycles. The fraction of sp³-hybridized carbons (Fsp3) is 0.0833. The molecule has 4 N–H and O–H groups in total. The summed E-state index contributed by atoms with van der Waals surface area (Å²) < 4.78 is 5.25. The van der Waals surface area contributed by atoms with Crippen LogP contribution in [0.25, 0.3) is 11.3 Å². The Morgan fingerprint density at radius 3 is 2.59 bits per heavy atom. The van der Waals surface area contributed by atoms with Crippen LogP contribution in [0.5, 0.6) is 5.75 Å². The first-order valence-electron chi connectivity index (χ1n) is 4.98.